The van der Waals surface area contributed by atoms with Gasteiger partial charge in [-0.25, -0.2) is 8.42 Å². The van der Waals surface area contributed by atoms with E-state index in [9.17, 15) is 28.1 Å². The largest absolute Gasteiger partial charge is 0.355 e. The zero-order valence-corrected chi connectivity index (χ0v) is 23.9. The molecule has 1 N–H and O–H groups in total. The number of benzene rings is 3. The number of nitrogens with zero attached hydrogens (tertiary/aromatic N) is 3. The van der Waals surface area contributed by atoms with Crippen LogP contribution in [0.4, 0.5) is 11.4 Å². The third-order valence-electron chi connectivity index (χ3n) is 5.87. The summed E-state index contributed by atoms with van der Waals surface area (Å²) in [6.07, 6.45) is 1.12. The number of halogens is 1. The summed E-state index contributed by atoms with van der Waals surface area (Å²) in [5, 5.41) is 14.1. The normalized spacial score (nSPS) is 11.9. The van der Waals surface area contributed by atoms with Crippen LogP contribution in [0.1, 0.15) is 18.1 Å². The van der Waals surface area contributed by atoms with E-state index in [-0.39, 0.29) is 30.2 Å². The van der Waals surface area contributed by atoms with E-state index >= 15 is 0 Å². The fraction of sp³-hybridized carbons (Fsp3) is 0.259. The molecule has 0 bridgehead atoms. The number of hydrogen-bond donors (Lipinski definition) is 1. The average molecular weight is 618 g/mol. The smallest absolute Gasteiger partial charge is 0.271 e. The Kier molecular flexibility index (Phi) is 10.2. The van der Waals surface area contributed by atoms with Gasteiger partial charge in [-0.05, 0) is 36.2 Å². The van der Waals surface area contributed by atoms with Crippen LogP contribution in [0, 0.1) is 10.1 Å². The second kappa shape index (κ2) is 13.3. The zero-order chi connectivity index (χ0) is 28.6. The number of carbonyl (C=O) groups is 2. The first kappa shape index (κ1) is 29.8. The van der Waals surface area contributed by atoms with E-state index in [1.165, 1.54) is 23.1 Å². The van der Waals surface area contributed by atoms with Crippen molar-refractivity contribution in [3.8, 4) is 0 Å². The number of hydrogen-bond acceptors (Lipinski definition) is 6. The number of rotatable bonds is 12. The number of likely N-dealkylation sites (N-methyl/N-ethyl adjacent to an activating group) is 1. The molecule has 0 spiro atoms. The Hall–Kier alpha value is -3.77. The van der Waals surface area contributed by atoms with Crippen molar-refractivity contribution in [2.24, 2.45) is 0 Å². The monoisotopic (exact) mass is 616 g/mol. The van der Waals surface area contributed by atoms with Gasteiger partial charge in [0, 0.05) is 36.1 Å². The Balaban J connectivity index is 2.06. The highest BCUT2D eigenvalue weighted by Gasteiger charge is 2.33. The van der Waals surface area contributed by atoms with Crippen LogP contribution in [-0.4, -0.2) is 55.4 Å². The predicted molar refractivity (Wildman–Crippen MR) is 153 cm³/mol. The molecule has 0 aliphatic heterocycles. The van der Waals surface area contributed by atoms with Crippen LogP contribution in [0.15, 0.2) is 83.3 Å². The minimum absolute atomic E-state index is 0.0272. The third-order valence-corrected chi connectivity index (χ3v) is 7.51. The lowest BCUT2D eigenvalue weighted by Gasteiger charge is -2.33. The molecule has 10 nitrogen and oxygen atoms in total. The maximum absolute atomic E-state index is 13.9. The number of sulfonamides is 1. The van der Waals surface area contributed by atoms with Crippen molar-refractivity contribution in [1.82, 2.24) is 10.2 Å². The van der Waals surface area contributed by atoms with Gasteiger partial charge in [-0.15, -0.1) is 0 Å². The van der Waals surface area contributed by atoms with Gasteiger partial charge < -0.3 is 10.2 Å². The van der Waals surface area contributed by atoms with Crippen molar-refractivity contribution in [3.63, 3.8) is 0 Å². The van der Waals surface area contributed by atoms with Gasteiger partial charge in [0.05, 0.1) is 16.9 Å². The second-order valence-corrected chi connectivity index (χ2v) is 11.6. The van der Waals surface area contributed by atoms with Crippen LogP contribution in [-0.2, 0) is 32.6 Å². The predicted octanol–water partition coefficient (Wildman–Crippen LogP) is 3.90. The molecule has 3 rings (SSSR count). The summed E-state index contributed by atoms with van der Waals surface area (Å²) in [7, 11) is -4.03. The SMILES string of the molecule is CCNC(=O)C(Cc1ccccc1)N(Cc1cccc(Br)c1)C(=O)CN(c1cccc([N+](=O)[O-])c1)S(C)(=O)=O. The molecule has 12 heteroatoms. The Morgan fingerprint density at radius 1 is 1.00 bits per heavy atom. The summed E-state index contributed by atoms with van der Waals surface area (Å²) in [6.45, 7) is 1.48. The quantitative estimate of drug-likeness (QED) is 0.243. The molecule has 0 heterocycles. The van der Waals surface area contributed by atoms with E-state index < -0.39 is 33.4 Å². The van der Waals surface area contributed by atoms with Crippen molar-refractivity contribution in [2.45, 2.75) is 25.9 Å². The molecule has 3 aromatic carbocycles. The lowest BCUT2D eigenvalue weighted by molar-refractivity contribution is -0.384. The van der Waals surface area contributed by atoms with Crippen LogP contribution in [0.3, 0.4) is 0 Å². The maximum Gasteiger partial charge on any atom is 0.271 e. The van der Waals surface area contributed by atoms with E-state index in [4.69, 9.17) is 0 Å². The van der Waals surface area contributed by atoms with Crippen LogP contribution in [0.2, 0.25) is 0 Å². The molecular weight excluding hydrogens is 588 g/mol. The molecule has 0 fully saturated rings. The van der Waals surface area contributed by atoms with Crippen LogP contribution < -0.4 is 9.62 Å². The van der Waals surface area contributed by atoms with Crippen molar-refractivity contribution in [3.05, 3.63) is 105 Å². The molecule has 0 aliphatic rings. The van der Waals surface area contributed by atoms with E-state index in [0.29, 0.717) is 6.54 Å². The second-order valence-electron chi connectivity index (χ2n) is 8.80. The topological polar surface area (TPSA) is 130 Å². The van der Waals surface area contributed by atoms with Gasteiger partial charge in [0.1, 0.15) is 12.6 Å². The summed E-state index contributed by atoms with van der Waals surface area (Å²) < 4.78 is 27.1. The summed E-state index contributed by atoms with van der Waals surface area (Å²) in [5.74, 6) is -1.02. The van der Waals surface area contributed by atoms with Gasteiger partial charge in [0.15, 0.2) is 0 Å². The van der Waals surface area contributed by atoms with Gasteiger partial charge in [0.2, 0.25) is 21.8 Å². The van der Waals surface area contributed by atoms with Crippen LogP contribution in [0.5, 0.6) is 0 Å². The highest BCUT2D eigenvalue weighted by molar-refractivity contribution is 9.10. The Labute approximate surface area is 236 Å². The molecule has 1 unspecified atom stereocenters. The highest BCUT2D eigenvalue weighted by atomic mass is 79.9. The van der Waals surface area contributed by atoms with Crippen molar-refractivity contribution >= 4 is 49.1 Å². The summed E-state index contributed by atoms with van der Waals surface area (Å²) in [6, 6.07) is 20.5. The van der Waals surface area contributed by atoms with E-state index in [0.717, 1.165) is 32.2 Å². The van der Waals surface area contributed by atoms with Crippen molar-refractivity contribution < 1.29 is 22.9 Å². The first-order valence-electron chi connectivity index (χ1n) is 12.1. The molecule has 206 valence electrons. The summed E-state index contributed by atoms with van der Waals surface area (Å²) in [5.41, 5.74) is 1.20. The molecule has 0 saturated heterocycles. The number of nitrogens with one attached hydrogen (secondary N) is 1. The number of carbonyl (C=O) groups excluding carboxylic acids is 2. The van der Waals surface area contributed by atoms with Crippen molar-refractivity contribution in [1.29, 1.82) is 0 Å². The molecule has 1 atom stereocenters. The number of anilines is 1. The first-order chi connectivity index (χ1) is 18.5. The molecule has 2 amide bonds. The summed E-state index contributed by atoms with van der Waals surface area (Å²) in [4.78, 5) is 39.2. The van der Waals surface area contributed by atoms with Crippen LogP contribution in [0.25, 0.3) is 0 Å². The van der Waals surface area contributed by atoms with Gasteiger partial charge in [0.25, 0.3) is 5.69 Å². The Bertz CT molecular complexity index is 1430. The number of amides is 2. The van der Waals surface area contributed by atoms with Crippen LogP contribution >= 0.6 is 15.9 Å². The highest BCUT2D eigenvalue weighted by Crippen LogP contribution is 2.24. The van der Waals surface area contributed by atoms with E-state index in [1.54, 1.807) is 19.1 Å². The molecular formula is C27H29BrN4O6S. The van der Waals surface area contributed by atoms with Gasteiger partial charge in [-0.2, -0.15) is 0 Å². The maximum atomic E-state index is 13.9. The first-order valence-corrected chi connectivity index (χ1v) is 14.7. The average Bonchev–Trinajstić information content (AvgIpc) is 2.89. The summed E-state index contributed by atoms with van der Waals surface area (Å²) >= 11 is 3.42. The van der Waals surface area contributed by atoms with E-state index in [2.05, 4.69) is 21.2 Å². The Morgan fingerprint density at radius 2 is 1.67 bits per heavy atom. The zero-order valence-electron chi connectivity index (χ0n) is 21.5. The molecule has 3 aromatic rings. The minimum Gasteiger partial charge on any atom is -0.355 e. The fourth-order valence-corrected chi connectivity index (χ4v) is 5.34. The lowest BCUT2D eigenvalue weighted by atomic mass is 10.0. The fourth-order valence-electron chi connectivity index (χ4n) is 4.05. The third kappa shape index (κ3) is 8.36. The number of non-ortho nitro benzene ring substituents is 1. The van der Waals surface area contributed by atoms with Gasteiger partial charge >= 0.3 is 0 Å². The molecule has 0 saturated carbocycles. The minimum atomic E-state index is -4.03. The molecule has 39 heavy (non-hydrogen) atoms. The van der Waals surface area contributed by atoms with Crippen molar-refractivity contribution in [2.75, 3.05) is 23.7 Å². The molecule has 0 radical (unpaired) electrons. The Morgan fingerprint density at radius 3 is 2.28 bits per heavy atom. The number of nitro groups is 1. The number of nitro benzene ring substituents is 1. The molecule has 0 aliphatic carbocycles. The standard InChI is InChI=1S/C27H29BrN4O6S/c1-3-29-27(34)25(16-20-9-5-4-6-10-20)30(18-21-11-7-12-22(28)15-21)26(33)19-31(39(2,37)38)23-13-8-14-24(17-23)32(35)36/h4-15,17,25H,3,16,18-19H2,1-2H3,(H,29,34). The van der Waals surface area contributed by atoms with Gasteiger partial charge in [-0.3, -0.25) is 24.0 Å². The van der Waals surface area contributed by atoms with Gasteiger partial charge in [-0.1, -0.05) is 64.5 Å². The van der Waals surface area contributed by atoms with E-state index in [1.807, 2.05) is 42.5 Å². The lowest BCUT2D eigenvalue weighted by Crippen LogP contribution is -2.53. The molecule has 0 aromatic heterocycles.